The van der Waals surface area contributed by atoms with Crippen molar-refractivity contribution in [1.29, 1.82) is 0 Å². The molecule has 0 aromatic heterocycles. The van der Waals surface area contributed by atoms with E-state index in [1.165, 1.54) is 25.7 Å². The van der Waals surface area contributed by atoms with Gasteiger partial charge in [0, 0.05) is 1.37 Å². The zero-order chi connectivity index (χ0) is 8.40. The first-order chi connectivity index (χ1) is 5.66. The molecule has 1 heteroatoms. The molecule has 1 N–H and O–H groups in total. The van der Waals surface area contributed by atoms with Crippen molar-refractivity contribution >= 4 is 0 Å². The van der Waals surface area contributed by atoms with Gasteiger partial charge in [0.25, 0.3) is 0 Å². The van der Waals surface area contributed by atoms with Crippen LogP contribution in [0, 0.1) is 17.2 Å². The van der Waals surface area contributed by atoms with Crippen LogP contribution >= 0.6 is 0 Å². The van der Waals surface area contributed by atoms with Crippen molar-refractivity contribution in [2.75, 3.05) is 0 Å². The lowest BCUT2D eigenvalue weighted by Gasteiger charge is -2.47. The Bertz CT molecular complexity index is 222. The molecule has 0 saturated heterocycles. The van der Waals surface area contributed by atoms with Gasteiger partial charge in [0.1, 0.15) is 0 Å². The SMILES string of the molecule is [2H][C@]12C[C@H](C[C@@H]1O)CC21CCC1. The van der Waals surface area contributed by atoms with E-state index < -0.39 is 5.89 Å². The Hall–Kier alpha value is -0.0400. The number of hydrogen-bond acceptors (Lipinski definition) is 1. The Balaban J connectivity index is 1.99. The normalized spacial score (nSPS) is 59.5. The minimum atomic E-state index is -0.435. The number of hydrogen-bond donors (Lipinski definition) is 1. The summed E-state index contributed by atoms with van der Waals surface area (Å²) in [5.41, 5.74) is 0.259. The van der Waals surface area contributed by atoms with Crippen molar-refractivity contribution in [3.05, 3.63) is 0 Å². The van der Waals surface area contributed by atoms with E-state index in [4.69, 9.17) is 1.37 Å². The van der Waals surface area contributed by atoms with Gasteiger partial charge in [-0.2, -0.15) is 0 Å². The van der Waals surface area contributed by atoms with Crippen LogP contribution in [0.5, 0.6) is 0 Å². The smallest absolute Gasteiger partial charge is 0.0576 e. The lowest BCUT2D eigenvalue weighted by Crippen LogP contribution is -2.40. The summed E-state index contributed by atoms with van der Waals surface area (Å²) >= 11 is 0. The fraction of sp³-hybridized carbons (Fsp3) is 1.00. The Morgan fingerprint density at radius 1 is 1.36 bits per heavy atom. The predicted molar refractivity (Wildman–Crippen MR) is 43.1 cm³/mol. The van der Waals surface area contributed by atoms with Gasteiger partial charge in [0.2, 0.25) is 0 Å². The van der Waals surface area contributed by atoms with Gasteiger partial charge in [-0.05, 0) is 49.3 Å². The van der Waals surface area contributed by atoms with Crippen LogP contribution in [0.4, 0.5) is 0 Å². The maximum absolute atomic E-state index is 9.79. The Kier molecular flexibility index (Phi) is 0.923. The van der Waals surface area contributed by atoms with Crippen molar-refractivity contribution in [2.24, 2.45) is 17.2 Å². The van der Waals surface area contributed by atoms with E-state index in [-0.39, 0.29) is 11.5 Å². The first kappa shape index (κ1) is 5.58. The quantitative estimate of drug-likeness (QED) is 0.564. The number of rotatable bonds is 0. The van der Waals surface area contributed by atoms with E-state index in [1.54, 1.807) is 0 Å². The molecule has 0 aromatic carbocycles. The lowest BCUT2D eigenvalue weighted by molar-refractivity contribution is -0.0271. The molecule has 2 bridgehead atoms. The summed E-state index contributed by atoms with van der Waals surface area (Å²) in [6.45, 7) is 0. The minimum absolute atomic E-state index is 0.259. The molecule has 0 aromatic rings. The highest BCUT2D eigenvalue weighted by Gasteiger charge is 2.57. The van der Waals surface area contributed by atoms with Crippen LogP contribution in [0.15, 0.2) is 0 Å². The van der Waals surface area contributed by atoms with Gasteiger partial charge in [0.05, 0.1) is 6.10 Å². The monoisotopic (exact) mass is 153 g/mol. The summed E-state index contributed by atoms with van der Waals surface area (Å²) in [5.74, 6) is 0.244. The number of aliphatic hydroxyl groups is 1. The van der Waals surface area contributed by atoms with E-state index in [0.717, 1.165) is 12.8 Å². The third kappa shape index (κ3) is 0.658. The van der Waals surface area contributed by atoms with E-state index >= 15 is 0 Å². The molecule has 3 aliphatic rings. The molecule has 0 heterocycles. The molecule has 11 heavy (non-hydrogen) atoms. The van der Waals surface area contributed by atoms with Gasteiger partial charge in [-0.3, -0.25) is 0 Å². The summed E-state index contributed by atoms with van der Waals surface area (Å²) in [5, 5.41) is 9.79. The summed E-state index contributed by atoms with van der Waals surface area (Å²) in [4.78, 5) is 0. The van der Waals surface area contributed by atoms with Crippen molar-refractivity contribution in [3.63, 3.8) is 0 Å². The average Bonchev–Trinajstić information content (AvgIpc) is 2.35. The molecular formula is C10H16O. The average molecular weight is 153 g/mol. The third-order valence-corrected chi connectivity index (χ3v) is 4.14. The van der Waals surface area contributed by atoms with Crippen LogP contribution < -0.4 is 0 Å². The fourth-order valence-corrected chi connectivity index (χ4v) is 3.53. The molecule has 3 aliphatic carbocycles. The molecule has 1 nitrogen and oxygen atoms in total. The molecule has 3 rings (SSSR count). The van der Waals surface area contributed by atoms with E-state index in [1.807, 2.05) is 0 Å². The van der Waals surface area contributed by atoms with Gasteiger partial charge in [-0.25, -0.2) is 0 Å². The van der Waals surface area contributed by atoms with Crippen molar-refractivity contribution in [2.45, 2.75) is 44.6 Å². The molecule has 62 valence electrons. The number of aliphatic hydroxyl groups excluding tert-OH is 1. The lowest BCUT2D eigenvalue weighted by atomic mass is 9.59. The molecule has 0 radical (unpaired) electrons. The minimum Gasteiger partial charge on any atom is -0.393 e. The first-order valence-corrected chi connectivity index (χ1v) is 4.84. The molecule has 0 amide bonds. The van der Waals surface area contributed by atoms with Crippen LogP contribution in [0.1, 0.15) is 39.9 Å². The molecule has 3 fully saturated rings. The first-order valence-electron chi connectivity index (χ1n) is 5.34. The summed E-state index contributed by atoms with van der Waals surface area (Å²) in [6, 6.07) is 0. The zero-order valence-corrected chi connectivity index (χ0v) is 6.84. The molecule has 0 unspecified atom stereocenters. The Labute approximate surface area is 69.2 Å². The predicted octanol–water partition coefficient (Wildman–Crippen LogP) is 1.95. The molecule has 3 atom stereocenters. The van der Waals surface area contributed by atoms with Crippen LogP contribution in [0.2, 0.25) is 0 Å². The molecule has 3 saturated carbocycles. The zero-order valence-electron chi connectivity index (χ0n) is 7.84. The van der Waals surface area contributed by atoms with Crippen molar-refractivity contribution in [3.8, 4) is 0 Å². The highest BCUT2D eigenvalue weighted by atomic mass is 16.3. The highest BCUT2D eigenvalue weighted by Crippen LogP contribution is 2.64. The molecule has 0 aliphatic heterocycles. The van der Waals surface area contributed by atoms with E-state index in [9.17, 15) is 5.11 Å². The molecular weight excluding hydrogens is 136 g/mol. The van der Waals surface area contributed by atoms with Gasteiger partial charge < -0.3 is 5.11 Å². The second-order valence-corrected chi connectivity index (χ2v) is 4.68. The highest BCUT2D eigenvalue weighted by molar-refractivity contribution is 5.07. The Morgan fingerprint density at radius 3 is 2.55 bits per heavy atom. The van der Waals surface area contributed by atoms with Crippen LogP contribution in [-0.2, 0) is 0 Å². The second-order valence-electron chi connectivity index (χ2n) is 4.68. The maximum Gasteiger partial charge on any atom is 0.0576 e. The van der Waals surface area contributed by atoms with Crippen molar-refractivity contribution in [1.82, 2.24) is 0 Å². The maximum atomic E-state index is 9.79. The van der Waals surface area contributed by atoms with Crippen LogP contribution in [0.25, 0.3) is 0 Å². The number of fused-ring (bicyclic) bond motifs is 3. The topological polar surface area (TPSA) is 20.2 Å². The summed E-state index contributed by atoms with van der Waals surface area (Å²) < 4.78 is 8.33. The second kappa shape index (κ2) is 1.82. The van der Waals surface area contributed by atoms with E-state index in [2.05, 4.69) is 0 Å². The summed E-state index contributed by atoms with van der Waals surface area (Å²) in [7, 11) is 0. The van der Waals surface area contributed by atoms with Gasteiger partial charge in [-0.1, -0.05) is 6.42 Å². The Morgan fingerprint density at radius 2 is 2.18 bits per heavy atom. The van der Waals surface area contributed by atoms with Crippen LogP contribution in [0.3, 0.4) is 0 Å². The standard InChI is InChI=1S/C10H16O/c11-9-5-7-4-8(9)10(6-7)2-1-3-10/h7-9,11H,1-6H2/t7-,8+,9+/m1/s1/i8D. The summed E-state index contributed by atoms with van der Waals surface area (Å²) in [6.07, 6.45) is 6.54. The largest absolute Gasteiger partial charge is 0.393 e. The molecule has 1 spiro atoms. The van der Waals surface area contributed by atoms with Gasteiger partial charge in [0.15, 0.2) is 0 Å². The fourth-order valence-electron chi connectivity index (χ4n) is 3.53. The van der Waals surface area contributed by atoms with Crippen molar-refractivity contribution < 1.29 is 6.48 Å². The van der Waals surface area contributed by atoms with Gasteiger partial charge in [-0.15, -0.1) is 0 Å². The third-order valence-electron chi connectivity index (χ3n) is 4.14. The van der Waals surface area contributed by atoms with Gasteiger partial charge >= 0.3 is 0 Å². The van der Waals surface area contributed by atoms with E-state index in [0.29, 0.717) is 5.92 Å². The van der Waals surface area contributed by atoms with Crippen LogP contribution in [-0.4, -0.2) is 11.2 Å².